The summed E-state index contributed by atoms with van der Waals surface area (Å²) in [7, 11) is 0. The summed E-state index contributed by atoms with van der Waals surface area (Å²) in [6, 6.07) is 73.0. The van der Waals surface area contributed by atoms with E-state index in [2.05, 4.69) is 124 Å². The van der Waals surface area contributed by atoms with Crippen LogP contribution in [0.3, 0.4) is 0 Å². The number of allylic oxidation sites excluding steroid dienone is 3. The summed E-state index contributed by atoms with van der Waals surface area (Å²) in [5.41, 5.74) is 16.9. The maximum absolute atomic E-state index is 10.5. The molecule has 2 heterocycles. The molecule has 11 aromatic rings. The van der Waals surface area contributed by atoms with Crippen molar-refractivity contribution in [3.05, 3.63) is 234 Å². The van der Waals surface area contributed by atoms with E-state index in [1.54, 1.807) is 30.5 Å². The van der Waals surface area contributed by atoms with Crippen molar-refractivity contribution in [1.82, 2.24) is 9.13 Å². The largest absolute Gasteiger partial charge is 0.309 e. The Bertz CT molecular complexity index is 4200. The van der Waals surface area contributed by atoms with Crippen molar-refractivity contribution in [3.8, 4) is 80.5 Å². The first-order valence-electron chi connectivity index (χ1n) is 23.4. The van der Waals surface area contributed by atoms with E-state index in [1.165, 1.54) is 0 Å². The van der Waals surface area contributed by atoms with E-state index in [4.69, 9.17) is 0 Å². The molecule has 0 unspecified atom stereocenters. The number of aromatic nitrogens is 2. The fourth-order valence-corrected chi connectivity index (χ4v) is 10.1. The van der Waals surface area contributed by atoms with Crippen molar-refractivity contribution in [2.75, 3.05) is 0 Å². The second-order valence-corrected chi connectivity index (χ2v) is 17.6. The molecule has 0 radical (unpaired) electrons. The summed E-state index contributed by atoms with van der Waals surface area (Å²) in [5.74, 6) is 0. The molecule has 11 rings (SSSR count). The van der Waals surface area contributed by atoms with Crippen LogP contribution in [0.4, 0.5) is 0 Å². The van der Waals surface area contributed by atoms with Crippen molar-refractivity contribution >= 4 is 61.6 Å². The van der Waals surface area contributed by atoms with Gasteiger partial charge in [-0.3, -0.25) is 4.99 Å². The highest BCUT2D eigenvalue weighted by Gasteiger charge is 2.24. The Labute approximate surface area is 421 Å². The summed E-state index contributed by atoms with van der Waals surface area (Å²) >= 11 is 0. The van der Waals surface area contributed by atoms with Gasteiger partial charge in [0.2, 0.25) is 0 Å². The van der Waals surface area contributed by atoms with E-state index in [1.807, 2.05) is 104 Å². The second kappa shape index (κ2) is 18.6. The van der Waals surface area contributed by atoms with Crippen LogP contribution >= 0.6 is 0 Å². The highest BCUT2D eigenvalue weighted by Crippen LogP contribution is 2.44. The molecule has 0 atom stereocenters. The van der Waals surface area contributed by atoms with E-state index in [0.717, 1.165) is 105 Å². The summed E-state index contributed by atoms with van der Waals surface area (Å²) in [6.07, 6.45) is 3.81. The Balaban J connectivity index is 1.16. The van der Waals surface area contributed by atoms with Gasteiger partial charge in [0.1, 0.15) is 0 Å². The van der Waals surface area contributed by atoms with Crippen LogP contribution in [0.2, 0.25) is 0 Å². The molecule has 0 aliphatic carbocycles. The van der Waals surface area contributed by atoms with Crippen LogP contribution in [0.5, 0.6) is 0 Å². The van der Waals surface area contributed by atoms with Crippen LogP contribution in [0.15, 0.2) is 205 Å². The lowest BCUT2D eigenvalue weighted by molar-refractivity contribution is 1.16. The number of nitrogens with zero attached hydrogens (tertiary/aromatic N) is 8. The van der Waals surface area contributed by atoms with E-state index in [9.17, 15) is 26.3 Å². The number of nitriles is 5. The molecule has 0 fully saturated rings. The molecule has 0 bridgehead atoms. The van der Waals surface area contributed by atoms with Crippen molar-refractivity contribution in [2.45, 2.75) is 6.92 Å². The molecule has 0 saturated carbocycles. The number of fused-ring (bicyclic) bond motifs is 6. The van der Waals surface area contributed by atoms with Crippen LogP contribution in [0.25, 0.3) is 105 Å². The molecular formula is C65H38N8. The van der Waals surface area contributed by atoms with Gasteiger partial charge in [0.25, 0.3) is 0 Å². The Morgan fingerprint density at radius 3 is 1.11 bits per heavy atom. The lowest BCUT2D eigenvalue weighted by atomic mass is 9.97. The molecular weight excluding hydrogens is 893 g/mol. The quantitative estimate of drug-likeness (QED) is 0.105. The number of benzene rings is 9. The molecule has 0 spiro atoms. The molecule has 8 nitrogen and oxygen atoms in total. The Hall–Kier alpha value is -10.8. The first-order chi connectivity index (χ1) is 35.8. The summed E-state index contributed by atoms with van der Waals surface area (Å²) < 4.78 is 4.43. The standard InChI is InChI=1S/C65H38N8/c1-3-54(65(40-71-2)73-63-24-19-52(48-14-6-10-43(28-48)37-68)33-58(63)59-34-53(20-25-64(59)73)49-15-7-11-44(29-49)38-69)55-30-45(39-70)16-21-60(55)72-61-22-17-50(46-12-4-8-41(26-46)35-66)31-56(61)57-32-51(18-23-62(57)72)47-13-5-9-42(27-47)36-67/h3-34,40H,2H2,1H3/b54-3-,65-40+. The molecule has 2 aromatic heterocycles. The van der Waals surface area contributed by atoms with Crippen molar-refractivity contribution in [2.24, 2.45) is 4.99 Å². The molecule has 0 aliphatic heterocycles. The van der Waals surface area contributed by atoms with Gasteiger partial charge in [-0.15, -0.1) is 0 Å². The fraction of sp³-hybridized carbons (Fsp3) is 0.0154. The van der Waals surface area contributed by atoms with Gasteiger partial charge < -0.3 is 9.13 Å². The molecule has 9 aromatic carbocycles. The number of rotatable bonds is 9. The minimum absolute atomic E-state index is 0.472. The average molecular weight is 931 g/mol. The molecule has 338 valence electrons. The van der Waals surface area contributed by atoms with E-state index < -0.39 is 0 Å². The zero-order valence-corrected chi connectivity index (χ0v) is 39.3. The van der Waals surface area contributed by atoms with Crippen LogP contribution in [-0.2, 0) is 0 Å². The number of hydrogen-bond donors (Lipinski definition) is 0. The Morgan fingerprint density at radius 1 is 0.411 bits per heavy atom. The highest BCUT2D eigenvalue weighted by atomic mass is 15.0. The van der Waals surface area contributed by atoms with Crippen molar-refractivity contribution in [1.29, 1.82) is 26.3 Å². The first kappa shape index (κ1) is 44.7. The van der Waals surface area contributed by atoms with Gasteiger partial charge in [0.05, 0.1) is 97.8 Å². The van der Waals surface area contributed by atoms with Crippen LogP contribution in [-0.4, -0.2) is 15.9 Å². The van der Waals surface area contributed by atoms with Gasteiger partial charge in [-0.25, -0.2) is 0 Å². The predicted molar refractivity (Wildman–Crippen MR) is 293 cm³/mol. The van der Waals surface area contributed by atoms with Crippen LogP contribution in [0, 0.1) is 56.7 Å². The van der Waals surface area contributed by atoms with Crippen molar-refractivity contribution in [3.63, 3.8) is 0 Å². The third-order valence-corrected chi connectivity index (χ3v) is 13.5. The molecule has 0 saturated heterocycles. The van der Waals surface area contributed by atoms with Gasteiger partial charge in [-0.2, -0.15) is 26.3 Å². The minimum Gasteiger partial charge on any atom is -0.309 e. The zero-order valence-electron chi connectivity index (χ0n) is 39.3. The van der Waals surface area contributed by atoms with Gasteiger partial charge in [0.15, 0.2) is 0 Å². The first-order valence-corrected chi connectivity index (χ1v) is 23.4. The predicted octanol–water partition coefficient (Wildman–Crippen LogP) is 15.5. The summed E-state index contributed by atoms with van der Waals surface area (Å²) in [6.45, 7) is 5.97. The van der Waals surface area contributed by atoms with Gasteiger partial charge in [0, 0.05) is 32.7 Å². The Kier molecular flexibility index (Phi) is 11.4. The van der Waals surface area contributed by atoms with E-state index in [-0.39, 0.29) is 0 Å². The maximum Gasteiger partial charge on any atom is 0.0991 e. The molecule has 0 aliphatic rings. The van der Waals surface area contributed by atoms with Crippen LogP contribution < -0.4 is 0 Å². The SMILES string of the molecule is C=N/C=C(\C(=C/C)c1cc(C#N)ccc1-n1c2ccc(-c3cccc(C#N)c3)cc2c2cc(-c3cccc(C#N)c3)ccc21)n1c2ccc(-c3cccc(C#N)c3)cc2c2cc(-c3cccc(C#N)c3)ccc21. The smallest absolute Gasteiger partial charge is 0.0991 e. The lowest BCUT2D eigenvalue weighted by Crippen LogP contribution is -2.05. The molecule has 73 heavy (non-hydrogen) atoms. The maximum atomic E-state index is 10.5. The second-order valence-electron chi connectivity index (χ2n) is 17.6. The van der Waals surface area contributed by atoms with E-state index in [0.29, 0.717) is 33.5 Å². The third-order valence-electron chi connectivity index (χ3n) is 13.5. The average Bonchev–Trinajstić information content (AvgIpc) is 3.96. The summed E-state index contributed by atoms with van der Waals surface area (Å²) in [4.78, 5) is 4.46. The number of aliphatic imine (C=N–C) groups is 1. The van der Waals surface area contributed by atoms with Gasteiger partial charge in [-0.05, 0) is 173 Å². The molecule has 0 N–H and O–H groups in total. The summed E-state index contributed by atoms with van der Waals surface area (Å²) in [5, 5.41) is 53.6. The highest BCUT2D eigenvalue weighted by molar-refractivity contribution is 6.17. The van der Waals surface area contributed by atoms with Gasteiger partial charge in [-0.1, -0.05) is 78.9 Å². The number of hydrogen-bond acceptors (Lipinski definition) is 6. The third kappa shape index (κ3) is 7.85. The molecule has 0 amide bonds. The normalized spacial score (nSPS) is 11.5. The fourth-order valence-electron chi connectivity index (χ4n) is 10.1. The minimum atomic E-state index is 0.472. The van der Waals surface area contributed by atoms with Crippen LogP contribution in [0.1, 0.15) is 40.3 Å². The topological polar surface area (TPSA) is 141 Å². The lowest BCUT2D eigenvalue weighted by Gasteiger charge is -2.21. The molecule has 8 heteroatoms. The Morgan fingerprint density at radius 2 is 0.753 bits per heavy atom. The van der Waals surface area contributed by atoms with Crippen molar-refractivity contribution < 1.29 is 0 Å². The van der Waals surface area contributed by atoms with E-state index >= 15 is 0 Å². The zero-order chi connectivity index (χ0) is 50.2. The monoisotopic (exact) mass is 930 g/mol. The van der Waals surface area contributed by atoms with Gasteiger partial charge >= 0.3 is 0 Å².